The fraction of sp³-hybridized carbons (Fsp3) is 0.0667. The maximum Gasteiger partial charge on any atom is 0.271 e. The summed E-state index contributed by atoms with van der Waals surface area (Å²) in [6.07, 6.45) is 1.38. The lowest BCUT2D eigenvalue weighted by atomic mass is 10.2. The van der Waals surface area contributed by atoms with Gasteiger partial charge in [-0.15, -0.1) is 0 Å². The smallest absolute Gasteiger partial charge is 0.271 e. The number of phenols is 1. The van der Waals surface area contributed by atoms with Gasteiger partial charge in [0.15, 0.2) is 0 Å². The quantitative estimate of drug-likeness (QED) is 0.432. The highest BCUT2D eigenvalue weighted by atomic mass is 79.9. The minimum absolute atomic E-state index is 0.0543. The molecule has 0 aromatic heterocycles. The van der Waals surface area contributed by atoms with Gasteiger partial charge in [0.25, 0.3) is 5.91 Å². The van der Waals surface area contributed by atoms with Crippen molar-refractivity contribution in [1.29, 1.82) is 0 Å². The van der Waals surface area contributed by atoms with Crippen LogP contribution in [0.3, 0.4) is 0 Å². The molecular formula is C15H13Br3N2O3. The van der Waals surface area contributed by atoms with Crippen molar-refractivity contribution in [3.63, 3.8) is 0 Å². The highest BCUT2D eigenvalue weighted by Crippen LogP contribution is 2.30. The normalized spacial score (nSPS) is 10.1. The topological polar surface area (TPSA) is 81.9 Å². The maximum absolute atomic E-state index is 11.9. The second kappa shape index (κ2) is 9.82. The largest absolute Gasteiger partial charge is 0.506 e. The van der Waals surface area contributed by atoms with Crippen LogP contribution in [0.15, 0.2) is 54.9 Å². The van der Waals surface area contributed by atoms with E-state index >= 15 is 0 Å². The Morgan fingerprint density at radius 2 is 1.83 bits per heavy atom. The highest BCUT2D eigenvalue weighted by molar-refractivity contribution is 9.11. The number of hydrogen-bond donors (Lipinski definition) is 3. The Labute approximate surface area is 158 Å². The molecule has 0 spiro atoms. The molecule has 0 aliphatic rings. The van der Waals surface area contributed by atoms with Crippen molar-refractivity contribution < 1.29 is 15.0 Å². The summed E-state index contributed by atoms with van der Waals surface area (Å²) in [6.45, 7) is 0. The van der Waals surface area contributed by atoms with E-state index in [1.165, 1.54) is 6.21 Å². The Hall–Kier alpha value is -1.22. The molecule has 0 heterocycles. The third-order valence-corrected chi connectivity index (χ3v) is 4.07. The molecule has 3 N–H and O–H groups in total. The van der Waals surface area contributed by atoms with E-state index in [-0.39, 0.29) is 11.7 Å². The van der Waals surface area contributed by atoms with E-state index in [4.69, 9.17) is 5.11 Å². The number of aromatic hydroxyl groups is 1. The first-order valence-corrected chi connectivity index (χ1v) is 8.57. The molecule has 23 heavy (non-hydrogen) atoms. The van der Waals surface area contributed by atoms with Crippen molar-refractivity contribution in [2.24, 2.45) is 5.10 Å². The lowest BCUT2D eigenvalue weighted by Gasteiger charge is -2.03. The van der Waals surface area contributed by atoms with Gasteiger partial charge in [-0.3, -0.25) is 4.79 Å². The number of hydrogen-bond acceptors (Lipinski definition) is 4. The van der Waals surface area contributed by atoms with E-state index in [0.717, 1.165) is 16.1 Å². The van der Waals surface area contributed by atoms with Crippen molar-refractivity contribution in [2.75, 3.05) is 7.11 Å². The molecule has 0 fully saturated rings. The molecule has 0 aliphatic heterocycles. The Balaban J connectivity index is 0.00000127. The number of aliphatic hydroxyl groups is 1. The first-order valence-electron chi connectivity index (χ1n) is 6.19. The van der Waals surface area contributed by atoms with E-state index in [1.54, 1.807) is 30.3 Å². The minimum atomic E-state index is -0.332. The van der Waals surface area contributed by atoms with Gasteiger partial charge in [0, 0.05) is 27.2 Å². The molecular weight excluding hydrogens is 496 g/mol. The minimum Gasteiger partial charge on any atom is -0.506 e. The van der Waals surface area contributed by atoms with E-state index < -0.39 is 0 Å². The van der Waals surface area contributed by atoms with Crippen LogP contribution in [0.4, 0.5) is 0 Å². The van der Waals surface area contributed by atoms with Crippen molar-refractivity contribution in [2.45, 2.75) is 0 Å². The number of halogens is 3. The summed E-state index contributed by atoms with van der Waals surface area (Å²) in [7, 11) is 1.00. The third-order valence-electron chi connectivity index (χ3n) is 2.51. The summed E-state index contributed by atoms with van der Waals surface area (Å²) >= 11 is 9.84. The van der Waals surface area contributed by atoms with Gasteiger partial charge in [0.2, 0.25) is 0 Å². The molecule has 1 amide bonds. The van der Waals surface area contributed by atoms with Gasteiger partial charge in [-0.1, -0.05) is 37.9 Å². The molecule has 0 saturated heterocycles. The lowest BCUT2D eigenvalue weighted by Crippen LogP contribution is -2.17. The van der Waals surface area contributed by atoms with Crippen molar-refractivity contribution >= 4 is 59.9 Å². The molecule has 0 saturated carbocycles. The zero-order valence-corrected chi connectivity index (χ0v) is 16.7. The van der Waals surface area contributed by atoms with Crippen LogP contribution in [0, 0.1) is 0 Å². The third kappa shape index (κ3) is 6.06. The molecule has 0 aliphatic carbocycles. The lowest BCUT2D eigenvalue weighted by molar-refractivity contribution is 0.0955. The number of nitrogens with one attached hydrogen (secondary N) is 1. The number of carbonyl (C=O) groups is 1. The molecule has 0 unspecified atom stereocenters. The Kier molecular flexibility index (Phi) is 8.46. The number of aliphatic hydroxyl groups excluding tert-OH is 1. The first kappa shape index (κ1) is 19.8. The Morgan fingerprint density at radius 1 is 1.13 bits per heavy atom. The van der Waals surface area contributed by atoms with Crippen LogP contribution in [-0.2, 0) is 0 Å². The number of rotatable bonds is 3. The van der Waals surface area contributed by atoms with Gasteiger partial charge < -0.3 is 10.2 Å². The van der Waals surface area contributed by atoms with Crippen LogP contribution in [0.25, 0.3) is 0 Å². The summed E-state index contributed by atoms with van der Waals surface area (Å²) in [5.74, 6) is -0.278. The van der Waals surface area contributed by atoms with Gasteiger partial charge in [0.1, 0.15) is 5.75 Å². The van der Waals surface area contributed by atoms with E-state index in [0.29, 0.717) is 15.6 Å². The highest BCUT2D eigenvalue weighted by Gasteiger charge is 2.06. The molecule has 0 bridgehead atoms. The molecule has 8 heteroatoms. The fourth-order valence-corrected chi connectivity index (χ4v) is 3.20. The van der Waals surface area contributed by atoms with Crippen LogP contribution in [-0.4, -0.2) is 29.4 Å². The predicted octanol–water partition coefficient (Wildman–Crippen LogP) is 4.05. The average molecular weight is 509 g/mol. The van der Waals surface area contributed by atoms with Crippen molar-refractivity contribution in [3.8, 4) is 5.75 Å². The second-order valence-electron chi connectivity index (χ2n) is 4.03. The average Bonchev–Trinajstić information content (AvgIpc) is 2.53. The molecule has 5 nitrogen and oxygen atoms in total. The number of carbonyl (C=O) groups excluding carboxylic acids is 1. The molecule has 0 radical (unpaired) electrons. The summed E-state index contributed by atoms with van der Waals surface area (Å²) in [5.41, 5.74) is 3.37. The van der Waals surface area contributed by atoms with Crippen LogP contribution < -0.4 is 5.43 Å². The van der Waals surface area contributed by atoms with Crippen LogP contribution >= 0.6 is 47.8 Å². The molecule has 2 rings (SSSR count). The SMILES string of the molecule is CO.O=C(N/N=C/c1cc(Br)cc(Br)c1O)c1cccc(Br)c1. The zero-order chi connectivity index (χ0) is 17.4. The Morgan fingerprint density at radius 3 is 2.48 bits per heavy atom. The number of nitrogens with zero attached hydrogens (tertiary/aromatic N) is 1. The van der Waals surface area contributed by atoms with E-state index in [9.17, 15) is 9.90 Å². The van der Waals surface area contributed by atoms with Crippen LogP contribution in [0.5, 0.6) is 5.75 Å². The van der Waals surface area contributed by atoms with Crippen LogP contribution in [0.2, 0.25) is 0 Å². The molecule has 2 aromatic carbocycles. The molecule has 0 atom stereocenters. The van der Waals surface area contributed by atoms with Crippen LogP contribution in [0.1, 0.15) is 15.9 Å². The summed E-state index contributed by atoms with van der Waals surface area (Å²) in [6, 6.07) is 10.4. The fourth-order valence-electron chi connectivity index (χ4n) is 1.54. The standard InChI is InChI=1S/C14H9Br3N2O2.CH4O/c15-10-3-1-2-8(4-10)14(21)19-18-7-9-5-11(16)6-12(17)13(9)20;1-2/h1-7,20H,(H,19,21);2H,1H3/b18-7+;. The number of amides is 1. The number of benzene rings is 2. The first-order chi connectivity index (χ1) is 11.0. The van der Waals surface area contributed by atoms with Gasteiger partial charge >= 0.3 is 0 Å². The second-order valence-corrected chi connectivity index (χ2v) is 6.72. The molecule has 122 valence electrons. The molecule has 2 aromatic rings. The Bertz CT molecular complexity index is 721. The monoisotopic (exact) mass is 506 g/mol. The summed E-state index contributed by atoms with van der Waals surface area (Å²) in [4.78, 5) is 11.9. The van der Waals surface area contributed by atoms with Gasteiger partial charge in [0.05, 0.1) is 10.7 Å². The predicted molar refractivity (Wildman–Crippen MR) is 101 cm³/mol. The zero-order valence-electron chi connectivity index (χ0n) is 11.9. The van der Waals surface area contributed by atoms with Gasteiger partial charge in [-0.05, 0) is 46.3 Å². The maximum atomic E-state index is 11.9. The number of phenolic OH excluding ortho intramolecular Hbond substituents is 1. The van der Waals surface area contributed by atoms with Crippen molar-refractivity contribution in [3.05, 3.63) is 60.9 Å². The van der Waals surface area contributed by atoms with E-state index in [1.807, 2.05) is 6.07 Å². The van der Waals surface area contributed by atoms with Crippen molar-refractivity contribution in [1.82, 2.24) is 5.43 Å². The van der Waals surface area contributed by atoms with E-state index in [2.05, 4.69) is 58.3 Å². The summed E-state index contributed by atoms with van der Waals surface area (Å²) < 4.78 is 2.14. The van der Waals surface area contributed by atoms with Gasteiger partial charge in [-0.2, -0.15) is 5.10 Å². The number of hydrazone groups is 1. The summed E-state index contributed by atoms with van der Waals surface area (Å²) in [5, 5.41) is 20.7. The van der Waals surface area contributed by atoms with Gasteiger partial charge in [-0.25, -0.2) is 5.43 Å².